The maximum absolute atomic E-state index is 12.7. The Morgan fingerprint density at radius 1 is 1.25 bits per heavy atom. The Labute approximate surface area is 166 Å². The highest BCUT2D eigenvalue weighted by molar-refractivity contribution is 6.31. The van der Waals surface area contributed by atoms with Crippen LogP contribution in [0.4, 0.5) is 0 Å². The third-order valence-corrected chi connectivity index (χ3v) is 5.44. The minimum atomic E-state index is -0.0736. The van der Waals surface area contributed by atoms with E-state index in [4.69, 9.17) is 16.6 Å². The maximum atomic E-state index is 12.7. The summed E-state index contributed by atoms with van der Waals surface area (Å²) >= 11 is 6.16. The second kappa shape index (κ2) is 6.89. The highest BCUT2D eigenvalue weighted by Crippen LogP contribution is 2.25. The van der Waals surface area contributed by atoms with E-state index in [9.17, 15) is 4.79 Å². The lowest BCUT2D eigenvalue weighted by molar-refractivity contribution is 0.242. The van der Waals surface area contributed by atoms with Gasteiger partial charge < -0.3 is 9.97 Å². The van der Waals surface area contributed by atoms with E-state index in [2.05, 4.69) is 19.9 Å². The molecule has 0 aliphatic carbocycles. The molecule has 4 aromatic rings. The van der Waals surface area contributed by atoms with Gasteiger partial charge in [0.15, 0.2) is 0 Å². The third kappa shape index (κ3) is 3.10. The molecule has 0 amide bonds. The standard InChI is InChI=1S/C21H18ClN5O/c22-15-3-4-18-16(8-15)14(10-24-18)11-27-7-5-19-17(12-27)21(28)26-20(25-19)13-2-1-6-23-9-13/h1-4,6,8-10,24H,5,7,11-12H2,(H,25,26,28). The summed E-state index contributed by atoms with van der Waals surface area (Å²) in [6, 6.07) is 9.59. The number of rotatable bonds is 3. The normalized spacial score (nSPS) is 14.3. The van der Waals surface area contributed by atoms with Crippen molar-refractivity contribution in [2.24, 2.45) is 0 Å². The highest BCUT2D eigenvalue weighted by Gasteiger charge is 2.22. The number of nitrogens with one attached hydrogen (secondary N) is 2. The number of pyridine rings is 1. The molecule has 4 heterocycles. The molecule has 7 heteroatoms. The van der Waals surface area contributed by atoms with E-state index < -0.39 is 0 Å². The second-order valence-electron chi connectivity index (χ2n) is 7.05. The van der Waals surface area contributed by atoms with E-state index in [0.717, 1.165) is 52.3 Å². The fourth-order valence-corrected chi connectivity index (χ4v) is 3.95. The number of benzene rings is 1. The first-order valence-corrected chi connectivity index (χ1v) is 9.55. The average Bonchev–Trinajstić information content (AvgIpc) is 3.11. The van der Waals surface area contributed by atoms with Crippen molar-refractivity contribution in [3.63, 3.8) is 0 Å². The van der Waals surface area contributed by atoms with Crippen molar-refractivity contribution in [3.05, 3.63) is 81.1 Å². The summed E-state index contributed by atoms with van der Waals surface area (Å²) in [6.07, 6.45) is 6.18. The molecule has 0 saturated heterocycles. The zero-order valence-electron chi connectivity index (χ0n) is 15.1. The van der Waals surface area contributed by atoms with Crippen molar-refractivity contribution in [1.29, 1.82) is 0 Å². The fraction of sp³-hybridized carbons (Fsp3) is 0.190. The summed E-state index contributed by atoms with van der Waals surface area (Å²) in [7, 11) is 0. The quantitative estimate of drug-likeness (QED) is 0.560. The molecule has 0 saturated carbocycles. The molecule has 140 valence electrons. The lowest BCUT2D eigenvalue weighted by Gasteiger charge is -2.27. The fourth-order valence-electron chi connectivity index (χ4n) is 3.78. The van der Waals surface area contributed by atoms with Crippen LogP contribution < -0.4 is 5.56 Å². The lowest BCUT2D eigenvalue weighted by Crippen LogP contribution is -2.35. The van der Waals surface area contributed by atoms with Crippen LogP contribution in [0.3, 0.4) is 0 Å². The zero-order chi connectivity index (χ0) is 19.1. The van der Waals surface area contributed by atoms with Crippen LogP contribution in [0.25, 0.3) is 22.3 Å². The van der Waals surface area contributed by atoms with Gasteiger partial charge in [-0.05, 0) is 35.9 Å². The Kier molecular flexibility index (Phi) is 4.22. The van der Waals surface area contributed by atoms with E-state index in [1.54, 1.807) is 12.4 Å². The van der Waals surface area contributed by atoms with Crippen molar-refractivity contribution >= 4 is 22.5 Å². The average molecular weight is 392 g/mol. The molecule has 1 aliphatic heterocycles. The van der Waals surface area contributed by atoms with E-state index in [-0.39, 0.29) is 5.56 Å². The van der Waals surface area contributed by atoms with Crippen molar-refractivity contribution < 1.29 is 0 Å². The topological polar surface area (TPSA) is 77.7 Å². The summed E-state index contributed by atoms with van der Waals surface area (Å²) < 4.78 is 0. The van der Waals surface area contributed by atoms with Crippen LogP contribution in [0.5, 0.6) is 0 Å². The van der Waals surface area contributed by atoms with Gasteiger partial charge in [-0.3, -0.25) is 14.7 Å². The number of hydrogen-bond donors (Lipinski definition) is 2. The van der Waals surface area contributed by atoms with Gasteiger partial charge in [0.05, 0.1) is 11.3 Å². The highest BCUT2D eigenvalue weighted by atomic mass is 35.5. The predicted molar refractivity (Wildman–Crippen MR) is 109 cm³/mol. The van der Waals surface area contributed by atoms with Gasteiger partial charge >= 0.3 is 0 Å². The Balaban J connectivity index is 1.42. The van der Waals surface area contributed by atoms with Crippen LogP contribution in [-0.4, -0.2) is 31.4 Å². The summed E-state index contributed by atoms with van der Waals surface area (Å²) in [5, 5.41) is 1.85. The molecular formula is C21H18ClN5O. The van der Waals surface area contributed by atoms with Crippen LogP contribution in [0.1, 0.15) is 16.8 Å². The zero-order valence-corrected chi connectivity index (χ0v) is 15.8. The van der Waals surface area contributed by atoms with Gasteiger partial charge in [-0.1, -0.05) is 11.6 Å². The molecule has 0 fully saturated rings. The number of H-pyrrole nitrogens is 2. The van der Waals surface area contributed by atoms with Gasteiger partial charge in [-0.15, -0.1) is 0 Å². The van der Waals surface area contributed by atoms with Crippen LogP contribution in [0.15, 0.2) is 53.7 Å². The largest absolute Gasteiger partial charge is 0.361 e. The molecule has 5 rings (SSSR count). The van der Waals surface area contributed by atoms with Gasteiger partial charge in [0.1, 0.15) is 5.82 Å². The lowest BCUT2D eigenvalue weighted by atomic mass is 10.1. The van der Waals surface area contributed by atoms with Crippen LogP contribution in [0, 0.1) is 0 Å². The Hall–Kier alpha value is -2.96. The first-order chi connectivity index (χ1) is 13.7. The SMILES string of the molecule is O=c1[nH]c(-c2cccnc2)nc2c1CN(Cc1c[nH]c3ccc(Cl)cc13)CC2. The molecule has 1 aliphatic rings. The minimum Gasteiger partial charge on any atom is -0.361 e. The number of fused-ring (bicyclic) bond motifs is 2. The first-order valence-electron chi connectivity index (χ1n) is 9.18. The van der Waals surface area contributed by atoms with Gasteiger partial charge in [-0.2, -0.15) is 0 Å². The van der Waals surface area contributed by atoms with Crippen molar-refractivity contribution in [3.8, 4) is 11.4 Å². The van der Waals surface area contributed by atoms with Crippen molar-refractivity contribution in [1.82, 2.24) is 24.8 Å². The predicted octanol–water partition coefficient (Wildman–Crippen LogP) is 3.52. The van der Waals surface area contributed by atoms with Crippen LogP contribution >= 0.6 is 11.6 Å². The van der Waals surface area contributed by atoms with E-state index in [1.807, 2.05) is 36.5 Å². The minimum absolute atomic E-state index is 0.0736. The number of halogens is 1. The Morgan fingerprint density at radius 2 is 2.18 bits per heavy atom. The van der Waals surface area contributed by atoms with Gasteiger partial charge in [0.25, 0.3) is 5.56 Å². The molecule has 1 aromatic carbocycles. The number of hydrogen-bond acceptors (Lipinski definition) is 4. The van der Waals surface area contributed by atoms with Gasteiger partial charge in [0.2, 0.25) is 0 Å². The Bertz CT molecular complexity index is 1210. The number of nitrogens with zero attached hydrogens (tertiary/aromatic N) is 3. The molecule has 2 N–H and O–H groups in total. The second-order valence-corrected chi connectivity index (χ2v) is 7.48. The van der Waals surface area contributed by atoms with Crippen LogP contribution in [0.2, 0.25) is 5.02 Å². The third-order valence-electron chi connectivity index (χ3n) is 5.21. The summed E-state index contributed by atoms with van der Waals surface area (Å²) in [6.45, 7) is 2.19. The summed E-state index contributed by atoms with van der Waals surface area (Å²) in [4.78, 5) is 30.0. The summed E-state index contributed by atoms with van der Waals surface area (Å²) in [5.41, 5.74) is 4.61. The van der Waals surface area contributed by atoms with E-state index in [0.29, 0.717) is 12.4 Å². The number of aromatic amines is 2. The molecule has 0 spiro atoms. The van der Waals surface area contributed by atoms with E-state index >= 15 is 0 Å². The molecule has 0 bridgehead atoms. The van der Waals surface area contributed by atoms with E-state index in [1.165, 1.54) is 5.56 Å². The van der Waals surface area contributed by atoms with Crippen molar-refractivity contribution in [2.45, 2.75) is 19.5 Å². The van der Waals surface area contributed by atoms with Gasteiger partial charge in [0, 0.05) is 66.1 Å². The maximum Gasteiger partial charge on any atom is 0.255 e. The molecule has 28 heavy (non-hydrogen) atoms. The molecule has 0 atom stereocenters. The monoisotopic (exact) mass is 391 g/mol. The van der Waals surface area contributed by atoms with Gasteiger partial charge in [-0.25, -0.2) is 4.98 Å². The molecule has 0 unspecified atom stereocenters. The van der Waals surface area contributed by atoms with Crippen molar-refractivity contribution in [2.75, 3.05) is 6.54 Å². The smallest absolute Gasteiger partial charge is 0.255 e. The Morgan fingerprint density at radius 3 is 3.04 bits per heavy atom. The molecule has 0 radical (unpaired) electrons. The molecular weight excluding hydrogens is 374 g/mol. The molecule has 3 aromatic heterocycles. The first kappa shape index (κ1) is 17.2. The molecule has 6 nitrogen and oxygen atoms in total. The number of aromatic nitrogens is 4. The summed E-state index contributed by atoms with van der Waals surface area (Å²) in [5.74, 6) is 0.580. The van der Waals surface area contributed by atoms with Crippen LogP contribution in [-0.2, 0) is 19.5 Å².